The molecule has 0 aromatic carbocycles. The van der Waals surface area contributed by atoms with Crippen LogP contribution in [0.25, 0.3) is 0 Å². The van der Waals surface area contributed by atoms with E-state index in [1.807, 2.05) is 6.07 Å². The van der Waals surface area contributed by atoms with Gasteiger partial charge in [-0.05, 0) is 13.0 Å². The number of hydrogen-bond acceptors (Lipinski definition) is 4. The summed E-state index contributed by atoms with van der Waals surface area (Å²) < 4.78 is 4.86. The molecular weight excluding hydrogens is 154 g/mol. The Morgan fingerprint density at radius 3 is 3.25 bits per heavy atom. The van der Waals surface area contributed by atoms with Gasteiger partial charge in [0.25, 0.3) is 0 Å². The maximum absolute atomic E-state index is 8.24. The second-order valence-electron chi connectivity index (χ2n) is 2.42. The Balaban J connectivity index is 2.01. The van der Waals surface area contributed by atoms with Gasteiger partial charge in [0.1, 0.15) is 5.76 Å². The highest BCUT2D eigenvalue weighted by atomic mass is 16.5. The molecule has 0 saturated carbocycles. The fourth-order valence-corrected chi connectivity index (χ4v) is 0.837. The summed E-state index contributed by atoms with van der Waals surface area (Å²) in [4.78, 5) is 0. The summed E-state index contributed by atoms with van der Waals surface area (Å²) >= 11 is 0. The summed E-state index contributed by atoms with van der Waals surface area (Å²) in [6.07, 6.45) is 3.10. The van der Waals surface area contributed by atoms with E-state index in [1.165, 1.54) is 0 Å². The predicted molar refractivity (Wildman–Crippen MR) is 43.1 cm³/mol. The quantitative estimate of drug-likeness (QED) is 0.663. The molecule has 64 valence electrons. The van der Waals surface area contributed by atoms with Crippen molar-refractivity contribution in [1.82, 2.24) is 10.5 Å². The van der Waals surface area contributed by atoms with Gasteiger partial charge in [-0.25, -0.2) is 0 Å². The number of nitrogens with zero attached hydrogens (tertiary/aromatic N) is 2. The Kier molecular flexibility index (Phi) is 3.89. The van der Waals surface area contributed by atoms with E-state index < -0.39 is 0 Å². The van der Waals surface area contributed by atoms with Crippen molar-refractivity contribution < 1.29 is 4.52 Å². The lowest BCUT2D eigenvalue weighted by Crippen LogP contribution is -2.13. The van der Waals surface area contributed by atoms with Crippen molar-refractivity contribution in [2.24, 2.45) is 0 Å². The monoisotopic (exact) mass is 165 g/mol. The third kappa shape index (κ3) is 3.17. The zero-order valence-corrected chi connectivity index (χ0v) is 6.79. The van der Waals surface area contributed by atoms with Crippen LogP contribution in [0.1, 0.15) is 18.6 Å². The van der Waals surface area contributed by atoms with Gasteiger partial charge in [-0.1, -0.05) is 5.16 Å². The Labute approximate surface area is 71.2 Å². The minimum absolute atomic E-state index is 0.601. The average Bonchev–Trinajstić information content (AvgIpc) is 2.57. The fraction of sp³-hybridized carbons (Fsp3) is 0.500. The highest BCUT2D eigenvalue weighted by molar-refractivity contribution is 4.91. The fourth-order valence-electron chi connectivity index (χ4n) is 0.837. The third-order valence-electron chi connectivity index (χ3n) is 1.43. The van der Waals surface area contributed by atoms with Gasteiger partial charge < -0.3 is 9.84 Å². The van der Waals surface area contributed by atoms with Crippen molar-refractivity contribution >= 4 is 0 Å². The van der Waals surface area contributed by atoms with Gasteiger partial charge in [0.15, 0.2) is 0 Å². The standard InChI is InChI=1S/C8H11N3O/c9-4-1-2-5-10-7-8-3-6-11-12-8/h3,6,10H,1-2,5,7H2. The van der Waals surface area contributed by atoms with Gasteiger partial charge >= 0.3 is 0 Å². The smallest absolute Gasteiger partial charge is 0.150 e. The zero-order chi connectivity index (χ0) is 8.65. The molecular formula is C8H11N3O. The van der Waals surface area contributed by atoms with Crippen LogP contribution < -0.4 is 5.32 Å². The number of nitriles is 1. The summed E-state index contributed by atoms with van der Waals surface area (Å²) in [6, 6.07) is 3.90. The molecule has 12 heavy (non-hydrogen) atoms. The molecule has 0 aliphatic heterocycles. The summed E-state index contributed by atoms with van der Waals surface area (Å²) in [5.41, 5.74) is 0. The molecule has 0 spiro atoms. The van der Waals surface area contributed by atoms with Crippen LogP contribution in [0.2, 0.25) is 0 Å². The molecule has 0 amide bonds. The number of nitrogens with one attached hydrogen (secondary N) is 1. The highest BCUT2D eigenvalue weighted by Crippen LogP contribution is 1.94. The maximum atomic E-state index is 8.24. The van der Waals surface area contributed by atoms with E-state index in [9.17, 15) is 0 Å². The molecule has 0 bridgehead atoms. The van der Waals surface area contributed by atoms with E-state index >= 15 is 0 Å². The first kappa shape index (κ1) is 8.75. The SMILES string of the molecule is N#CCCCNCc1ccno1. The van der Waals surface area contributed by atoms with E-state index in [4.69, 9.17) is 9.78 Å². The first-order chi connectivity index (χ1) is 5.93. The van der Waals surface area contributed by atoms with Crippen LogP contribution in [0.4, 0.5) is 0 Å². The van der Waals surface area contributed by atoms with Gasteiger partial charge in [0.2, 0.25) is 0 Å². The van der Waals surface area contributed by atoms with E-state index in [-0.39, 0.29) is 0 Å². The lowest BCUT2D eigenvalue weighted by atomic mass is 10.3. The predicted octanol–water partition coefficient (Wildman–Crippen LogP) is 1.07. The van der Waals surface area contributed by atoms with Crippen LogP contribution in [-0.4, -0.2) is 11.7 Å². The lowest BCUT2D eigenvalue weighted by molar-refractivity contribution is 0.373. The van der Waals surface area contributed by atoms with Crippen LogP contribution >= 0.6 is 0 Å². The van der Waals surface area contributed by atoms with Gasteiger partial charge in [0, 0.05) is 12.5 Å². The molecule has 0 aliphatic rings. The molecule has 0 unspecified atom stereocenters. The molecule has 1 N–H and O–H groups in total. The van der Waals surface area contributed by atoms with Crippen molar-refractivity contribution in [1.29, 1.82) is 5.26 Å². The number of rotatable bonds is 5. The second kappa shape index (κ2) is 5.33. The van der Waals surface area contributed by atoms with E-state index in [1.54, 1.807) is 6.20 Å². The summed E-state index contributed by atoms with van der Waals surface area (Å²) in [6.45, 7) is 1.53. The largest absolute Gasteiger partial charge is 0.360 e. The molecule has 1 aromatic rings. The van der Waals surface area contributed by atoms with Crippen molar-refractivity contribution in [3.63, 3.8) is 0 Å². The van der Waals surface area contributed by atoms with Crippen molar-refractivity contribution in [2.45, 2.75) is 19.4 Å². The lowest BCUT2D eigenvalue weighted by Gasteiger charge is -1.97. The van der Waals surface area contributed by atoms with Crippen LogP contribution in [0.3, 0.4) is 0 Å². The number of unbranched alkanes of at least 4 members (excludes halogenated alkanes) is 1. The molecule has 4 nitrogen and oxygen atoms in total. The second-order valence-corrected chi connectivity index (χ2v) is 2.42. The van der Waals surface area contributed by atoms with Gasteiger partial charge in [0.05, 0.1) is 18.8 Å². The summed E-state index contributed by atoms with van der Waals surface area (Å²) in [7, 11) is 0. The van der Waals surface area contributed by atoms with E-state index in [2.05, 4.69) is 16.5 Å². The number of hydrogen-bond donors (Lipinski definition) is 1. The van der Waals surface area contributed by atoms with Gasteiger partial charge in [-0.15, -0.1) is 0 Å². The first-order valence-corrected chi connectivity index (χ1v) is 3.90. The molecule has 4 heteroatoms. The van der Waals surface area contributed by atoms with Crippen LogP contribution in [0.15, 0.2) is 16.8 Å². The molecule has 1 heterocycles. The Morgan fingerprint density at radius 1 is 1.67 bits per heavy atom. The molecule has 0 radical (unpaired) electrons. The maximum Gasteiger partial charge on any atom is 0.150 e. The Morgan fingerprint density at radius 2 is 2.58 bits per heavy atom. The zero-order valence-electron chi connectivity index (χ0n) is 6.79. The van der Waals surface area contributed by atoms with Crippen molar-refractivity contribution in [3.8, 4) is 6.07 Å². The topological polar surface area (TPSA) is 61.9 Å². The van der Waals surface area contributed by atoms with Gasteiger partial charge in [-0.2, -0.15) is 5.26 Å². The Hall–Kier alpha value is -1.34. The summed E-state index contributed by atoms with van der Waals surface area (Å²) in [5.74, 6) is 0.826. The molecule has 0 atom stereocenters. The molecule has 1 rings (SSSR count). The van der Waals surface area contributed by atoms with E-state index in [0.717, 1.165) is 18.7 Å². The molecule has 1 aromatic heterocycles. The summed E-state index contributed by atoms with van der Waals surface area (Å²) in [5, 5.41) is 15.0. The first-order valence-electron chi connectivity index (χ1n) is 3.90. The molecule has 0 aliphatic carbocycles. The van der Waals surface area contributed by atoms with Crippen molar-refractivity contribution in [3.05, 3.63) is 18.0 Å². The highest BCUT2D eigenvalue weighted by Gasteiger charge is 1.94. The Bertz CT molecular complexity index is 237. The minimum Gasteiger partial charge on any atom is -0.360 e. The van der Waals surface area contributed by atoms with Crippen LogP contribution in [0, 0.1) is 11.3 Å². The van der Waals surface area contributed by atoms with Crippen molar-refractivity contribution in [2.75, 3.05) is 6.54 Å². The normalized spacial score (nSPS) is 9.58. The van der Waals surface area contributed by atoms with Crippen LogP contribution in [0.5, 0.6) is 0 Å². The van der Waals surface area contributed by atoms with Crippen LogP contribution in [-0.2, 0) is 6.54 Å². The molecule has 0 fully saturated rings. The molecule has 0 saturated heterocycles. The van der Waals surface area contributed by atoms with E-state index in [0.29, 0.717) is 13.0 Å². The van der Waals surface area contributed by atoms with Gasteiger partial charge in [-0.3, -0.25) is 0 Å². The average molecular weight is 165 g/mol. The third-order valence-corrected chi connectivity index (χ3v) is 1.43. The number of aromatic nitrogens is 1. The minimum atomic E-state index is 0.601.